The number of amides is 1. The summed E-state index contributed by atoms with van der Waals surface area (Å²) < 4.78 is 14.2. The molecule has 4 heterocycles. The standard InChI is InChI=1S/C41H38N10O3/c1-27-36(18-33(20-43-27)48-40(52)30-7-6-8-32(17-30)41(2,3)25-42)50-24-31(19-46-50)37-21-44-39-38(45-26-47-51(37)39)49(22-28-9-13-34(53-4)14-10-28)23-29-11-15-35(54-5)16-12-29/h6-21,24,26H,22-23H2,1-5H3,(H,48,52). The van der Waals surface area contributed by atoms with Crippen LogP contribution in [-0.4, -0.2) is 54.5 Å². The summed E-state index contributed by atoms with van der Waals surface area (Å²) in [6.07, 6.45) is 8.52. The number of carbonyl (C=O) groups is 1. The Kier molecular flexibility index (Phi) is 9.74. The summed E-state index contributed by atoms with van der Waals surface area (Å²) in [5.74, 6) is 1.93. The minimum atomic E-state index is -0.727. The first kappa shape index (κ1) is 35.3. The lowest BCUT2D eigenvalue weighted by Crippen LogP contribution is -2.24. The van der Waals surface area contributed by atoms with E-state index in [0.717, 1.165) is 45.1 Å². The fraction of sp³-hybridized carbons (Fsp3) is 0.195. The molecule has 270 valence electrons. The first-order valence-electron chi connectivity index (χ1n) is 17.2. The molecule has 13 nitrogen and oxygen atoms in total. The lowest BCUT2D eigenvalue weighted by molar-refractivity contribution is 0.102. The number of nitriles is 1. The molecule has 0 atom stereocenters. The Bertz CT molecular complexity index is 2430. The Balaban J connectivity index is 1.17. The topological polar surface area (TPSA) is 148 Å². The Morgan fingerprint density at radius 1 is 0.870 bits per heavy atom. The van der Waals surface area contributed by atoms with Gasteiger partial charge in [-0.25, -0.2) is 19.2 Å². The monoisotopic (exact) mass is 718 g/mol. The number of rotatable bonds is 12. The second-order valence-electron chi connectivity index (χ2n) is 13.3. The fourth-order valence-electron chi connectivity index (χ4n) is 6.06. The van der Waals surface area contributed by atoms with E-state index in [1.54, 1.807) is 60.2 Å². The van der Waals surface area contributed by atoms with Gasteiger partial charge in [-0.15, -0.1) is 0 Å². The average molecular weight is 719 g/mol. The summed E-state index contributed by atoms with van der Waals surface area (Å²) in [7, 11) is 3.30. The fourth-order valence-corrected chi connectivity index (χ4v) is 6.06. The third-order valence-electron chi connectivity index (χ3n) is 9.22. The van der Waals surface area contributed by atoms with Crippen LogP contribution in [0.3, 0.4) is 0 Å². The summed E-state index contributed by atoms with van der Waals surface area (Å²) in [5.41, 5.74) is 6.63. The second kappa shape index (κ2) is 14.9. The summed E-state index contributed by atoms with van der Waals surface area (Å²) in [4.78, 5) is 29.5. The number of nitrogens with zero attached hydrogens (tertiary/aromatic N) is 9. The molecule has 0 saturated heterocycles. The van der Waals surface area contributed by atoms with Crippen LogP contribution in [-0.2, 0) is 18.5 Å². The molecule has 0 aliphatic heterocycles. The van der Waals surface area contributed by atoms with Gasteiger partial charge in [0.25, 0.3) is 5.91 Å². The molecule has 7 rings (SSSR count). The number of aryl methyl sites for hydroxylation is 1. The highest BCUT2D eigenvalue weighted by Gasteiger charge is 2.22. The number of pyridine rings is 1. The van der Waals surface area contributed by atoms with Crippen LogP contribution in [0.1, 0.15) is 46.6 Å². The zero-order chi connectivity index (χ0) is 37.8. The molecule has 54 heavy (non-hydrogen) atoms. The number of hydrogen-bond donors (Lipinski definition) is 1. The Hall–Kier alpha value is -7.07. The molecule has 7 aromatic rings. The van der Waals surface area contributed by atoms with E-state index < -0.39 is 5.41 Å². The molecular weight excluding hydrogens is 681 g/mol. The van der Waals surface area contributed by atoms with E-state index >= 15 is 0 Å². The van der Waals surface area contributed by atoms with Crippen LogP contribution in [0.2, 0.25) is 0 Å². The van der Waals surface area contributed by atoms with Crippen molar-refractivity contribution in [3.8, 4) is 34.5 Å². The molecule has 0 aliphatic rings. The van der Waals surface area contributed by atoms with E-state index in [2.05, 4.69) is 31.5 Å². The quantitative estimate of drug-likeness (QED) is 0.141. The number of methoxy groups -OCH3 is 2. The van der Waals surface area contributed by atoms with Crippen LogP contribution in [0, 0.1) is 18.3 Å². The molecule has 0 bridgehead atoms. The van der Waals surface area contributed by atoms with Gasteiger partial charge in [0.05, 0.1) is 67.1 Å². The van der Waals surface area contributed by atoms with Crippen LogP contribution < -0.4 is 19.7 Å². The van der Waals surface area contributed by atoms with Crippen LogP contribution in [0.15, 0.2) is 110 Å². The third-order valence-corrected chi connectivity index (χ3v) is 9.22. The SMILES string of the molecule is COc1ccc(CN(Cc2ccc(OC)cc2)c2ncnn3c(-c4cnn(-c5cc(NC(=O)c6cccc(C(C)(C)C#N)c6)cnc5C)c4)cnc23)cc1. The maximum absolute atomic E-state index is 13.3. The lowest BCUT2D eigenvalue weighted by Gasteiger charge is -2.24. The second-order valence-corrected chi connectivity index (χ2v) is 13.3. The van der Waals surface area contributed by atoms with Gasteiger partial charge in [0.1, 0.15) is 17.8 Å². The molecule has 0 radical (unpaired) electrons. The van der Waals surface area contributed by atoms with Gasteiger partial charge >= 0.3 is 0 Å². The van der Waals surface area contributed by atoms with Crippen molar-refractivity contribution in [3.63, 3.8) is 0 Å². The highest BCUT2D eigenvalue weighted by molar-refractivity contribution is 6.04. The van der Waals surface area contributed by atoms with Gasteiger partial charge in [-0.2, -0.15) is 15.5 Å². The van der Waals surface area contributed by atoms with Crippen LogP contribution >= 0.6 is 0 Å². The van der Waals surface area contributed by atoms with Gasteiger partial charge in [-0.05, 0) is 79.9 Å². The van der Waals surface area contributed by atoms with Crippen molar-refractivity contribution in [2.45, 2.75) is 39.3 Å². The highest BCUT2D eigenvalue weighted by Crippen LogP contribution is 2.29. The van der Waals surface area contributed by atoms with E-state index in [1.807, 2.05) is 87.6 Å². The summed E-state index contributed by atoms with van der Waals surface area (Å²) in [6, 6.07) is 27.1. The predicted octanol–water partition coefficient (Wildman–Crippen LogP) is 6.96. The number of hydrogen-bond acceptors (Lipinski definition) is 10. The van der Waals surface area contributed by atoms with Crippen LogP contribution in [0.5, 0.6) is 11.5 Å². The average Bonchev–Trinajstić information content (AvgIpc) is 3.87. The normalized spacial score (nSPS) is 11.3. The van der Waals surface area contributed by atoms with Crippen molar-refractivity contribution >= 4 is 23.1 Å². The summed E-state index contributed by atoms with van der Waals surface area (Å²) in [6.45, 7) is 6.64. The van der Waals surface area contributed by atoms with E-state index in [9.17, 15) is 10.1 Å². The summed E-state index contributed by atoms with van der Waals surface area (Å²) >= 11 is 0. The summed E-state index contributed by atoms with van der Waals surface area (Å²) in [5, 5.41) is 21.7. The molecule has 0 saturated carbocycles. The van der Waals surface area contributed by atoms with Gasteiger partial charge in [0, 0.05) is 30.4 Å². The first-order chi connectivity index (χ1) is 26.1. The number of nitrogens with one attached hydrogen (secondary N) is 1. The molecule has 0 fully saturated rings. The molecule has 13 heteroatoms. The van der Waals surface area contributed by atoms with E-state index in [4.69, 9.17) is 19.4 Å². The highest BCUT2D eigenvalue weighted by atomic mass is 16.5. The van der Waals surface area contributed by atoms with Gasteiger partial charge in [0.15, 0.2) is 11.5 Å². The predicted molar refractivity (Wildman–Crippen MR) is 205 cm³/mol. The van der Waals surface area contributed by atoms with Crippen molar-refractivity contribution in [3.05, 3.63) is 138 Å². The smallest absolute Gasteiger partial charge is 0.255 e. The Labute approximate surface area is 312 Å². The maximum Gasteiger partial charge on any atom is 0.255 e. The van der Waals surface area contributed by atoms with Crippen molar-refractivity contribution in [1.82, 2.24) is 34.3 Å². The molecule has 0 unspecified atom stereocenters. The van der Waals surface area contributed by atoms with Gasteiger partial charge in [-0.1, -0.05) is 36.4 Å². The molecule has 0 spiro atoms. The molecule has 3 aromatic carbocycles. The van der Waals surface area contributed by atoms with Crippen molar-refractivity contribution in [1.29, 1.82) is 5.26 Å². The minimum absolute atomic E-state index is 0.308. The number of fused-ring (bicyclic) bond motifs is 1. The van der Waals surface area contributed by atoms with E-state index in [1.165, 1.54) is 6.33 Å². The number of aromatic nitrogens is 7. The third kappa shape index (κ3) is 7.31. The Morgan fingerprint density at radius 3 is 2.20 bits per heavy atom. The minimum Gasteiger partial charge on any atom is -0.497 e. The van der Waals surface area contributed by atoms with Crippen LogP contribution in [0.4, 0.5) is 11.5 Å². The van der Waals surface area contributed by atoms with Crippen LogP contribution in [0.25, 0.3) is 22.6 Å². The zero-order valence-corrected chi connectivity index (χ0v) is 30.6. The molecule has 1 amide bonds. The van der Waals surface area contributed by atoms with E-state index in [0.29, 0.717) is 41.5 Å². The zero-order valence-electron chi connectivity index (χ0n) is 30.6. The maximum atomic E-state index is 13.3. The lowest BCUT2D eigenvalue weighted by atomic mass is 9.85. The molecule has 4 aromatic heterocycles. The number of benzene rings is 3. The van der Waals surface area contributed by atoms with E-state index in [-0.39, 0.29) is 5.91 Å². The number of imidazole rings is 1. The molecular formula is C41H38N10O3. The van der Waals surface area contributed by atoms with Gasteiger partial charge < -0.3 is 19.7 Å². The number of anilines is 2. The molecule has 1 N–H and O–H groups in total. The largest absolute Gasteiger partial charge is 0.497 e. The van der Waals surface area contributed by atoms with Gasteiger partial charge in [-0.3, -0.25) is 9.78 Å². The Morgan fingerprint density at radius 2 is 1.56 bits per heavy atom. The van der Waals surface area contributed by atoms with Crippen molar-refractivity contribution in [2.75, 3.05) is 24.4 Å². The van der Waals surface area contributed by atoms with Gasteiger partial charge in [0.2, 0.25) is 0 Å². The van der Waals surface area contributed by atoms with Crippen molar-refractivity contribution in [2.24, 2.45) is 0 Å². The van der Waals surface area contributed by atoms with Crippen molar-refractivity contribution < 1.29 is 14.3 Å². The number of carbonyl (C=O) groups excluding carboxylic acids is 1. The number of ether oxygens (including phenoxy) is 2. The first-order valence-corrected chi connectivity index (χ1v) is 17.2. The molecule has 0 aliphatic carbocycles.